The van der Waals surface area contributed by atoms with Crippen molar-refractivity contribution in [1.82, 2.24) is 15.6 Å². The van der Waals surface area contributed by atoms with Crippen LogP contribution in [0.3, 0.4) is 0 Å². The van der Waals surface area contributed by atoms with E-state index in [-0.39, 0.29) is 24.4 Å². The minimum atomic E-state index is -0.0210. The predicted octanol–water partition coefficient (Wildman–Crippen LogP) is 4.63. The summed E-state index contributed by atoms with van der Waals surface area (Å²) < 4.78 is 0. The minimum Gasteiger partial charge on any atom is -0.348 e. The molecule has 2 aromatic carbocycles. The summed E-state index contributed by atoms with van der Waals surface area (Å²) >= 11 is 1.47. The van der Waals surface area contributed by atoms with Crippen molar-refractivity contribution in [1.29, 1.82) is 0 Å². The van der Waals surface area contributed by atoms with Gasteiger partial charge in [-0.1, -0.05) is 67.6 Å². The predicted molar refractivity (Wildman–Crippen MR) is 118 cm³/mol. The van der Waals surface area contributed by atoms with Crippen LogP contribution in [-0.4, -0.2) is 30.0 Å². The van der Waals surface area contributed by atoms with Crippen molar-refractivity contribution in [2.45, 2.75) is 19.4 Å². The van der Waals surface area contributed by atoms with Gasteiger partial charge in [-0.05, 0) is 25.4 Å². The SMILES string of the molecule is CC1CNCCC1NC(=O)c1sc(-c2ccccc2)nc1-c1ccccc1.Cl. The van der Waals surface area contributed by atoms with E-state index in [0.717, 1.165) is 41.3 Å². The highest BCUT2D eigenvalue weighted by Gasteiger charge is 2.26. The Bertz CT molecular complexity index is 914. The lowest BCUT2D eigenvalue weighted by molar-refractivity contribution is 0.0919. The van der Waals surface area contributed by atoms with Gasteiger partial charge in [0.25, 0.3) is 5.91 Å². The zero-order valence-electron chi connectivity index (χ0n) is 15.7. The maximum absolute atomic E-state index is 13.1. The van der Waals surface area contributed by atoms with Gasteiger partial charge >= 0.3 is 0 Å². The molecule has 0 saturated carbocycles. The number of amides is 1. The minimum absolute atomic E-state index is 0. The zero-order chi connectivity index (χ0) is 18.6. The van der Waals surface area contributed by atoms with Crippen molar-refractivity contribution in [2.75, 3.05) is 13.1 Å². The number of benzene rings is 2. The highest BCUT2D eigenvalue weighted by atomic mass is 35.5. The Morgan fingerprint density at radius 1 is 1.07 bits per heavy atom. The van der Waals surface area contributed by atoms with Crippen LogP contribution in [0.2, 0.25) is 0 Å². The summed E-state index contributed by atoms with van der Waals surface area (Å²) in [6.07, 6.45) is 0.956. The highest BCUT2D eigenvalue weighted by molar-refractivity contribution is 7.17. The number of halogens is 1. The number of hydrogen-bond acceptors (Lipinski definition) is 4. The standard InChI is InChI=1S/C22H23N3OS.ClH/c1-15-14-23-13-12-18(15)24-21(26)20-19(16-8-4-2-5-9-16)25-22(27-20)17-10-6-3-7-11-17;/h2-11,15,18,23H,12-14H2,1H3,(H,24,26);1H. The van der Waals surface area contributed by atoms with Gasteiger partial charge in [-0.2, -0.15) is 0 Å². The molecule has 2 heterocycles. The average molecular weight is 414 g/mol. The second-order valence-electron chi connectivity index (χ2n) is 6.98. The molecule has 28 heavy (non-hydrogen) atoms. The van der Waals surface area contributed by atoms with Gasteiger partial charge in [0.2, 0.25) is 0 Å². The monoisotopic (exact) mass is 413 g/mol. The first-order valence-corrected chi connectivity index (χ1v) is 10.2. The van der Waals surface area contributed by atoms with E-state index in [9.17, 15) is 4.79 Å². The molecule has 4 nitrogen and oxygen atoms in total. The van der Waals surface area contributed by atoms with Gasteiger partial charge in [0.15, 0.2) is 0 Å². The van der Waals surface area contributed by atoms with Crippen molar-refractivity contribution >= 4 is 29.7 Å². The van der Waals surface area contributed by atoms with Crippen LogP contribution in [0.4, 0.5) is 0 Å². The fourth-order valence-electron chi connectivity index (χ4n) is 3.43. The summed E-state index contributed by atoms with van der Waals surface area (Å²) in [6.45, 7) is 4.06. The molecule has 0 radical (unpaired) electrons. The lowest BCUT2D eigenvalue weighted by atomic mass is 9.95. The normalized spacial score (nSPS) is 18.9. The molecule has 2 unspecified atom stereocenters. The summed E-state index contributed by atoms with van der Waals surface area (Å²) in [5, 5.41) is 7.50. The molecule has 0 spiro atoms. The summed E-state index contributed by atoms with van der Waals surface area (Å²) in [6, 6.07) is 20.2. The third kappa shape index (κ3) is 4.43. The lowest BCUT2D eigenvalue weighted by Crippen LogP contribution is -2.48. The summed E-state index contributed by atoms with van der Waals surface area (Å²) in [5.41, 5.74) is 2.77. The van der Waals surface area contributed by atoms with E-state index in [1.54, 1.807) is 0 Å². The summed E-state index contributed by atoms with van der Waals surface area (Å²) in [4.78, 5) is 18.7. The number of carbonyl (C=O) groups excluding carboxylic acids is 1. The molecule has 146 valence electrons. The molecule has 1 saturated heterocycles. The number of nitrogens with one attached hydrogen (secondary N) is 2. The van der Waals surface area contributed by atoms with Crippen molar-refractivity contribution < 1.29 is 4.79 Å². The Labute approximate surface area is 175 Å². The number of aromatic nitrogens is 1. The van der Waals surface area contributed by atoms with Gasteiger partial charge in [-0.25, -0.2) is 4.98 Å². The van der Waals surface area contributed by atoms with E-state index in [4.69, 9.17) is 4.98 Å². The van der Waals surface area contributed by atoms with Gasteiger partial charge in [0, 0.05) is 17.2 Å². The first-order chi connectivity index (χ1) is 13.2. The number of thiazole rings is 1. The topological polar surface area (TPSA) is 54.0 Å². The van der Waals surface area contributed by atoms with E-state index in [0.29, 0.717) is 10.8 Å². The highest BCUT2D eigenvalue weighted by Crippen LogP contribution is 2.34. The van der Waals surface area contributed by atoms with E-state index in [2.05, 4.69) is 17.6 Å². The maximum Gasteiger partial charge on any atom is 0.263 e. The van der Waals surface area contributed by atoms with Crippen LogP contribution in [0.25, 0.3) is 21.8 Å². The molecular formula is C22H24ClN3OS. The first kappa shape index (κ1) is 20.5. The summed E-state index contributed by atoms with van der Waals surface area (Å²) in [7, 11) is 0. The molecule has 1 fully saturated rings. The average Bonchev–Trinajstić information content (AvgIpc) is 3.17. The zero-order valence-corrected chi connectivity index (χ0v) is 17.4. The van der Waals surface area contributed by atoms with Crippen LogP contribution in [0.5, 0.6) is 0 Å². The van der Waals surface area contributed by atoms with Gasteiger partial charge in [-0.3, -0.25) is 4.79 Å². The maximum atomic E-state index is 13.1. The Balaban J connectivity index is 0.00000225. The van der Waals surface area contributed by atoms with Crippen LogP contribution in [0.15, 0.2) is 60.7 Å². The lowest BCUT2D eigenvalue weighted by Gasteiger charge is -2.30. The molecule has 2 N–H and O–H groups in total. The van der Waals surface area contributed by atoms with E-state index in [1.165, 1.54) is 11.3 Å². The second-order valence-corrected chi connectivity index (χ2v) is 7.98. The summed E-state index contributed by atoms with van der Waals surface area (Å²) in [5.74, 6) is 0.400. The number of rotatable bonds is 4. The number of hydrogen-bond donors (Lipinski definition) is 2. The molecule has 1 aromatic heterocycles. The Morgan fingerprint density at radius 2 is 1.71 bits per heavy atom. The van der Waals surface area contributed by atoms with Crippen molar-refractivity contribution in [3.8, 4) is 21.8 Å². The number of piperidine rings is 1. The van der Waals surface area contributed by atoms with Gasteiger partial charge < -0.3 is 10.6 Å². The Kier molecular flexibility index (Phi) is 6.83. The fraction of sp³-hybridized carbons (Fsp3) is 0.273. The fourth-order valence-corrected chi connectivity index (χ4v) is 4.43. The Morgan fingerprint density at radius 3 is 2.36 bits per heavy atom. The Hall–Kier alpha value is -2.21. The molecule has 4 rings (SSSR count). The largest absolute Gasteiger partial charge is 0.348 e. The van der Waals surface area contributed by atoms with Crippen LogP contribution in [-0.2, 0) is 0 Å². The first-order valence-electron chi connectivity index (χ1n) is 9.35. The molecule has 2 atom stereocenters. The molecule has 1 aliphatic rings. The molecular weight excluding hydrogens is 390 g/mol. The van der Waals surface area contributed by atoms with E-state index in [1.807, 2.05) is 60.7 Å². The molecule has 6 heteroatoms. The quantitative estimate of drug-likeness (QED) is 0.655. The molecule has 0 bridgehead atoms. The number of nitrogens with zero attached hydrogens (tertiary/aromatic N) is 1. The third-order valence-corrected chi connectivity index (χ3v) is 6.11. The third-order valence-electron chi connectivity index (χ3n) is 5.00. The van der Waals surface area contributed by atoms with Crippen LogP contribution >= 0.6 is 23.7 Å². The van der Waals surface area contributed by atoms with Gasteiger partial charge in [-0.15, -0.1) is 23.7 Å². The van der Waals surface area contributed by atoms with Crippen LogP contribution in [0, 0.1) is 5.92 Å². The van der Waals surface area contributed by atoms with E-state index < -0.39 is 0 Å². The molecule has 1 aliphatic heterocycles. The molecule has 0 aliphatic carbocycles. The van der Waals surface area contributed by atoms with Crippen LogP contribution in [0.1, 0.15) is 23.0 Å². The second kappa shape index (κ2) is 9.32. The van der Waals surface area contributed by atoms with E-state index >= 15 is 0 Å². The number of carbonyl (C=O) groups is 1. The van der Waals surface area contributed by atoms with Crippen molar-refractivity contribution in [2.24, 2.45) is 5.92 Å². The van der Waals surface area contributed by atoms with Gasteiger partial charge in [0.1, 0.15) is 9.88 Å². The molecule has 1 amide bonds. The smallest absolute Gasteiger partial charge is 0.263 e. The van der Waals surface area contributed by atoms with Crippen molar-refractivity contribution in [3.63, 3.8) is 0 Å². The molecule has 3 aromatic rings. The van der Waals surface area contributed by atoms with Crippen molar-refractivity contribution in [3.05, 3.63) is 65.5 Å². The van der Waals surface area contributed by atoms with Crippen LogP contribution < -0.4 is 10.6 Å². The van der Waals surface area contributed by atoms with Gasteiger partial charge in [0.05, 0.1) is 5.69 Å².